The highest BCUT2D eigenvalue weighted by atomic mass is 32.2. The zero-order valence-corrected chi connectivity index (χ0v) is 11.2. The zero-order chi connectivity index (χ0) is 12.4. The van der Waals surface area contributed by atoms with Crippen molar-refractivity contribution in [3.63, 3.8) is 0 Å². The quantitative estimate of drug-likeness (QED) is 0.915. The molecule has 8 heteroatoms. The first-order chi connectivity index (χ1) is 8.81. The highest BCUT2D eigenvalue weighted by molar-refractivity contribution is 8.00. The van der Waals surface area contributed by atoms with Gasteiger partial charge in [-0.25, -0.2) is 4.98 Å². The van der Waals surface area contributed by atoms with Crippen molar-refractivity contribution in [3.05, 3.63) is 11.6 Å². The van der Waals surface area contributed by atoms with Crippen LogP contribution < -0.4 is 10.6 Å². The Kier molecular flexibility index (Phi) is 3.28. The minimum absolute atomic E-state index is 0.269. The molecule has 3 heterocycles. The minimum atomic E-state index is 0.269. The van der Waals surface area contributed by atoms with E-state index in [1.807, 2.05) is 5.38 Å². The van der Waals surface area contributed by atoms with Gasteiger partial charge in [0, 0.05) is 24.7 Å². The summed E-state index contributed by atoms with van der Waals surface area (Å²) in [5.74, 6) is 0.949. The lowest BCUT2D eigenvalue weighted by Crippen LogP contribution is -2.21. The van der Waals surface area contributed by atoms with E-state index in [1.54, 1.807) is 17.5 Å². The van der Waals surface area contributed by atoms with Crippen molar-refractivity contribution >= 4 is 35.0 Å². The molecule has 6 nitrogen and oxygen atoms in total. The summed E-state index contributed by atoms with van der Waals surface area (Å²) in [4.78, 5) is 19.1. The van der Waals surface area contributed by atoms with Gasteiger partial charge in [0.15, 0.2) is 4.34 Å². The lowest BCUT2D eigenvalue weighted by molar-refractivity contribution is 0.833. The number of hydrogen-bond acceptors (Lipinski definition) is 8. The van der Waals surface area contributed by atoms with Gasteiger partial charge in [-0.15, -0.1) is 11.3 Å². The molecule has 2 N–H and O–H groups in total. The maximum absolute atomic E-state index is 5.74. The fourth-order valence-corrected chi connectivity index (χ4v) is 3.28. The highest BCUT2D eigenvalue weighted by Gasteiger charge is 2.17. The molecule has 1 fully saturated rings. The molecule has 18 heavy (non-hydrogen) atoms. The van der Waals surface area contributed by atoms with E-state index in [1.165, 1.54) is 24.6 Å². The molecule has 1 aliphatic heterocycles. The van der Waals surface area contributed by atoms with Crippen LogP contribution in [0.15, 0.2) is 21.1 Å². The van der Waals surface area contributed by atoms with Crippen molar-refractivity contribution < 1.29 is 0 Å². The monoisotopic (exact) mass is 280 g/mol. The Balaban J connectivity index is 1.85. The van der Waals surface area contributed by atoms with Gasteiger partial charge in [-0.1, -0.05) is 0 Å². The van der Waals surface area contributed by atoms with E-state index in [0.717, 1.165) is 17.4 Å². The first kappa shape index (κ1) is 11.7. The molecule has 2 aromatic rings. The summed E-state index contributed by atoms with van der Waals surface area (Å²) in [6.45, 7) is 1.98. The molecule has 1 aliphatic rings. The minimum Gasteiger partial charge on any atom is -0.368 e. The van der Waals surface area contributed by atoms with Gasteiger partial charge in [0.1, 0.15) is 0 Å². The second-order valence-corrected chi connectivity index (χ2v) is 5.98. The van der Waals surface area contributed by atoms with Crippen LogP contribution in [-0.2, 0) is 0 Å². The van der Waals surface area contributed by atoms with Crippen LogP contribution in [0, 0.1) is 0 Å². The SMILES string of the molecule is Nc1nc(Sc2nccs2)nc(N2CCCC2)n1. The Labute approximate surface area is 113 Å². The second kappa shape index (κ2) is 5.07. The van der Waals surface area contributed by atoms with Crippen molar-refractivity contribution in [2.75, 3.05) is 23.7 Å². The smallest absolute Gasteiger partial charge is 0.231 e. The van der Waals surface area contributed by atoms with Crippen molar-refractivity contribution in [1.29, 1.82) is 0 Å². The van der Waals surface area contributed by atoms with E-state index >= 15 is 0 Å². The first-order valence-electron chi connectivity index (χ1n) is 5.65. The number of rotatable bonds is 3. The van der Waals surface area contributed by atoms with Gasteiger partial charge in [-0.05, 0) is 24.6 Å². The number of nitrogen functional groups attached to an aromatic ring is 1. The largest absolute Gasteiger partial charge is 0.368 e. The van der Waals surface area contributed by atoms with Crippen LogP contribution in [0.4, 0.5) is 11.9 Å². The van der Waals surface area contributed by atoms with Crippen LogP contribution in [0.25, 0.3) is 0 Å². The van der Waals surface area contributed by atoms with Gasteiger partial charge in [0.2, 0.25) is 17.1 Å². The lowest BCUT2D eigenvalue weighted by atomic mass is 10.4. The van der Waals surface area contributed by atoms with Gasteiger partial charge in [-0.2, -0.15) is 15.0 Å². The summed E-state index contributed by atoms with van der Waals surface area (Å²) in [5, 5.41) is 2.54. The normalized spacial score (nSPS) is 15.2. The Morgan fingerprint density at radius 3 is 2.78 bits per heavy atom. The molecular weight excluding hydrogens is 268 g/mol. The number of nitrogens with zero attached hydrogens (tertiary/aromatic N) is 5. The molecule has 0 atom stereocenters. The standard InChI is InChI=1S/C10H12N6S2/c11-7-13-8(16-4-1-2-5-16)15-9(14-7)18-10-12-3-6-17-10/h3,6H,1-2,4-5H2,(H2,11,13,14,15). The number of nitrogens with two attached hydrogens (primary N) is 1. The van der Waals surface area contributed by atoms with Gasteiger partial charge in [-0.3, -0.25) is 0 Å². The fraction of sp³-hybridized carbons (Fsp3) is 0.400. The molecule has 0 unspecified atom stereocenters. The summed E-state index contributed by atoms with van der Waals surface area (Å²) in [6, 6.07) is 0. The van der Waals surface area contributed by atoms with Gasteiger partial charge >= 0.3 is 0 Å². The van der Waals surface area contributed by atoms with Crippen molar-refractivity contribution in [3.8, 4) is 0 Å². The Bertz CT molecular complexity index is 523. The van der Waals surface area contributed by atoms with Crippen LogP contribution in [0.1, 0.15) is 12.8 Å². The van der Waals surface area contributed by atoms with Gasteiger partial charge < -0.3 is 10.6 Å². The van der Waals surface area contributed by atoms with E-state index < -0.39 is 0 Å². The summed E-state index contributed by atoms with van der Waals surface area (Å²) in [5.41, 5.74) is 5.74. The third-order valence-corrected chi connectivity index (χ3v) is 4.35. The van der Waals surface area contributed by atoms with Crippen LogP contribution in [0.2, 0.25) is 0 Å². The van der Waals surface area contributed by atoms with E-state index in [2.05, 4.69) is 24.8 Å². The third-order valence-electron chi connectivity index (χ3n) is 2.60. The molecule has 1 saturated heterocycles. The molecule has 0 spiro atoms. The van der Waals surface area contributed by atoms with Crippen LogP contribution in [0.5, 0.6) is 0 Å². The van der Waals surface area contributed by atoms with Crippen molar-refractivity contribution in [2.45, 2.75) is 22.3 Å². The summed E-state index contributed by atoms with van der Waals surface area (Å²) < 4.78 is 0.910. The molecule has 0 aliphatic carbocycles. The Hall–Kier alpha value is -1.41. The van der Waals surface area contributed by atoms with Crippen LogP contribution in [-0.4, -0.2) is 33.0 Å². The van der Waals surface area contributed by atoms with Gasteiger partial charge in [0.05, 0.1) is 0 Å². The van der Waals surface area contributed by atoms with Crippen molar-refractivity contribution in [1.82, 2.24) is 19.9 Å². The van der Waals surface area contributed by atoms with Crippen LogP contribution in [0.3, 0.4) is 0 Å². The summed E-state index contributed by atoms with van der Waals surface area (Å²) in [6.07, 6.45) is 4.13. The number of anilines is 2. The third kappa shape index (κ3) is 2.54. The molecule has 94 valence electrons. The number of thiazole rings is 1. The fourth-order valence-electron chi connectivity index (χ4n) is 1.80. The number of hydrogen-bond donors (Lipinski definition) is 1. The number of aromatic nitrogens is 4. The highest BCUT2D eigenvalue weighted by Crippen LogP contribution is 2.28. The molecule has 0 saturated carbocycles. The molecule has 3 rings (SSSR count). The average molecular weight is 280 g/mol. The molecular formula is C10H12N6S2. The summed E-state index contributed by atoms with van der Waals surface area (Å²) >= 11 is 2.98. The second-order valence-electron chi connectivity index (χ2n) is 3.87. The lowest BCUT2D eigenvalue weighted by Gasteiger charge is -2.15. The molecule has 2 aromatic heterocycles. The molecule has 0 radical (unpaired) electrons. The van der Waals surface area contributed by atoms with E-state index in [9.17, 15) is 0 Å². The Morgan fingerprint density at radius 2 is 2.06 bits per heavy atom. The maximum atomic E-state index is 5.74. The molecule has 0 aromatic carbocycles. The topological polar surface area (TPSA) is 80.8 Å². The van der Waals surface area contributed by atoms with E-state index in [-0.39, 0.29) is 5.95 Å². The average Bonchev–Trinajstić information content (AvgIpc) is 3.00. The first-order valence-corrected chi connectivity index (χ1v) is 7.35. The van der Waals surface area contributed by atoms with Crippen molar-refractivity contribution in [2.24, 2.45) is 0 Å². The molecule has 0 amide bonds. The van der Waals surface area contributed by atoms with Gasteiger partial charge in [0.25, 0.3) is 0 Å². The maximum Gasteiger partial charge on any atom is 0.231 e. The Morgan fingerprint density at radius 1 is 1.22 bits per heavy atom. The van der Waals surface area contributed by atoms with E-state index in [0.29, 0.717) is 11.1 Å². The summed E-state index contributed by atoms with van der Waals surface area (Å²) in [7, 11) is 0. The van der Waals surface area contributed by atoms with E-state index in [4.69, 9.17) is 5.73 Å². The predicted octanol–water partition coefficient (Wildman–Crippen LogP) is 1.66. The predicted molar refractivity (Wildman–Crippen MR) is 71.9 cm³/mol. The van der Waals surface area contributed by atoms with Crippen LogP contribution >= 0.6 is 23.1 Å². The molecule has 0 bridgehead atoms. The zero-order valence-electron chi connectivity index (χ0n) is 9.61.